The third-order valence-corrected chi connectivity index (χ3v) is 2.04. The predicted octanol–water partition coefficient (Wildman–Crippen LogP) is 3.83. The summed E-state index contributed by atoms with van der Waals surface area (Å²) in [5, 5.41) is 0. The number of rotatable bonds is 1. The fourth-order valence-electron chi connectivity index (χ4n) is 1.25. The lowest BCUT2D eigenvalue weighted by Gasteiger charge is -2.13. The molecule has 2 N–H and O–H groups in total. The molecule has 1 aromatic rings. The number of nitrogens with two attached hydrogens (primary N) is 1. The highest BCUT2D eigenvalue weighted by Gasteiger charge is 2.30. The smallest absolute Gasteiger partial charge is 0.398 e. The average molecular weight is 240 g/mol. The van der Waals surface area contributed by atoms with E-state index in [1.807, 2.05) is 13.8 Å². The number of halogens is 4. The molecule has 15 heavy (non-hydrogen) atoms. The second kappa shape index (κ2) is 4.75. The lowest BCUT2D eigenvalue weighted by atomic mass is 9.99. The van der Waals surface area contributed by atoms with Crippen molar-refractivity contribution in [2.45, 2.75) is 25.9 Å². The first-order chi connectivity index (χ1) is 6.32. The molecule has 0 aliphatic carbocycles. The molecule has 0 bridgehead atoms. The van der Waals surface area contributed by atoms with Crippen LogP contribution in [0.1, 0.15) is 30.9 Å². The van der Waals surface area contributed by atoms with Crippen molar-refractivity contribution in [1.82, 2.24) is 0 Å². The second-order valence-corrected chi connectivity index (χ2v) is 3.50. The molecule has 0 spiro atoms. The molecule has 1 nitrogen and oxygen atoms in total. The zero-order valence-electron chi connectivity index (χ0n) is 8.43. The van der Waals surface area contributed by atoms with Gasteiger partial charge in [0.15, 0.2) is 0 Å². The van der Waals surface area contributed by atoms with E-state index in [-0.39, 0.29) is 18.3 Å². The van der Waals surface area contributed by atoms with Crippen LogP contribution in [-0.2, 0) is 6.18 Å². The van der Waals surface area contributed by atoms with Gasteiger partial charge in [-0.2, -0.15) is 13.2 Å². The monoisotopic (exact) mass is 239 g/mol. The summed E-state index contributed by atoms with van der Waals surface area (Å²) in [7, 11) is 0. The first kappa shape index (κ1) is 14.1. The summed E-state index contributed by atoms with van der Waals surface area (Å²) in [5.41, 5.74) is 5.87. The van der Waals surface area contributed by atoms with Crippen LogP contribution >= 0.6 is 12.4 Å². The molecule has 0 fully saturated rings. The minimum Gasteiger partial charge on any atom is -0.398 e. The van der Waals surface area contributed by atoms with E-state index in [2.05, 4.69) is 0 Å². The van der Waals surface area contributed by atoms with Gasteiger partial charge in [-0.25, -0.2) is 0 Å². The van der Waals surface area contributed by atoms with E-state index >= 15 is 0 Å². The van der Waals surface area contributed by atoms with Crippen molar-refractivity contribution >= 4 is 18.1 Å². The summed E-state index contributed by atoms with van der Waals surface area (Å²) in [6, 6.07) is 3.42. The quantitative estimate of drug-likeness (QED) is 0.741. The second-order valence-electron chi connectivity index (χ2n) is 3.50. The summed E-state index contributed by atoms with van der Waals surface area (Å²) < 4.78 is 37.0. The van der Waals surface area contributed by atoms with E-state index in [1.54, 1.807) is 0 Å². The van der Waals surface area contributed by atoms with Crippen LogP contribution in [0.15, 0.2) is 18.2 Å². The van der Waals surface area contributed by atoms with Crippen LogP contribution in [0.4, 0.5) is 18.9 Å². The van der Waals surface area contributed by atoms with E-state index in [4.69, 9.17) is 5.73 Å². The highest BCUT2D eigenvalue weighted by atomic mass is 35.5. The average Bonchev–Trinajstić information content (AvgIpc) is 2.02. The molecule has 86 valence electrons. The normalized spacial score (nSPS) is 11.3. The van der Waals surface area contributed by atoms with Gasteiger partial charge in [-0.05, 0) is 29.7 Å². The fraction of sp³-hybridized carbons (Fsp3) is 0.400. The van der Waals surface area contributed by atoms with Crippen molar-refractivity contribution in [2.24, 2.45) is 0 Å². The van der Waals surface area contributed by atoms with Gasteiger partial charge in [0, 0.05) is 5.69 Å². The van der Waals surface area contributed by atoms with Gasteiger partial charge in [0.1, 0.15) is 0 Å². The van der Waals surface area contributed by atoms with Crippen molar-refractivity contribution in [3.63, 3.8) is 0 Å². The third kappa shape index (κ3) is 3.30. The number of nitrogen functional groups attached to an aromatic ring is 1. The van der Waals surface area contributed by atoms with Gasteiger partial charge in [0.05, 0.1) is 5.56 Å². The lowest BCUT2D eigenvalue weighted by molar-refractivity contribution is -0.137. The van der Waals surface area contributed by atoms with E-state index in [1.165, 1.54) is 6.07 Å². The summed E-state index contributed by atoms with van der Waals surface area (Å²) in [5.74, 6) is -0.00250. The van der Waals surface area contributed by atoms with E-state index < -0.39 is 11.7 Å². The van der Waals surface area contributed by atoms with Gasteiger partial charge in [0.25, 0.3) is 0 Å². The largest absolute Gasteiger partial charge is 0.416 e. The van der Waals surface area contributed by atoms with Crippen molar-refractivity contribution < 1.29 is 13.2 Å². The number of alkyl halides is 3. The molecule has 0 heterocycles. The van der Waals surface area contributed by atoms with Crippen molar-refractivity contribution in [3.8, 4) is 0 Å². The molecular formula is C10H13ClF3N. The Bertz CT molecular complexity index is 334. The Labute approximate surface area is 92.9 Å². The lowest BCUT2D eigenvalue weighted by Crippen LogP contribution is -2.07. The van der Waals surface area contributed by atoms with Gasteiger partial charge in [-0.15, -0.1) is 12.4 Å². The van der Waals surface area contributed by atoms with Gasteiger partial charge in [-0.1, -0.05) is 13.8 Å². The zero-order valence-corrected chi connectivity index (χ0v) is 9.25. The van der Waals surface area contributed by atoms with Crippen molar-refractivity contribution in [1.29, 1.82) is 0 Å². The van der Waals surface area contributed by atoms with Gasteiger partial charge in [-0.3, -0.25) is 0 Å². The molecule has 0 atom stereocenters. The van der Waals surface area contributed by atoms with Crippen LogP contribution in [0.3, 0.4) is 0 Å². The van der Waals surface area contributed by atoms with Crippen LogP contribution in [-0.4, -0.2) is 0 Å². The maximum absolute atomic E-state index is 12.3. The number of anilines is 1. The fourth-order valence-corrected chi connectivity index (χ4v) is 1.25. The third-order valence-electron chi connectivity index (χ3n) is 2.04. The minimum absolute atomic E-state index is 0. The van der Waals surface area contributed by atoms with Crippen LogP contribution in [0.2, 0.25) is 0 Å². The summed E-state index contributed by atoms with van der Waals surface area (Å²) >= 11 is 0. The summed E-state index contributed by atoms with van der Waals surface area (Å²) in [6.45, 7) is 3.62. The molecule has 0 saturated heterocycles. The molecule has 0 aliphatic rings. The van der Waals surface area contributed by atoms with Crippen molar-refractivity contribution in [3.05, 3.63) is 29.3 Å². The predicted molar refractivity (Wildman–Crippen MR) is 57.2 cm³/mol. The number of hydrogen-bond donors (Lipinski definition) is 1. The summed E-state index contributed by atoms with van der Waals surface area (Å²) in [6.07, 6.45) is -4.29. The van der Waals surface area contributed by atoms with Crippen LogP contribution in [0.5, 0.6) is 0 Å². The Hall–Kier alpha value is -0.900. The van der Waals surface area contributed by atoms with E-state index in [0.29, 0.717) is 11.3 Å². The molecule has 0 saturated carbocycles. The molecule has 5 heteroatoms. The Morgan fingerprint density at radius 1 is 1.20 bits per heavy atom. The van der Waals surface area contributed by atoms with E-state index in [0.717, 1.165) is 12.1 Å². The van der Waals surface area contributed by atoms with Gasteiger partial charge in [0.2, 0.25) is 0 Å². The first-order valence-electron chi connectivity index (χ1n) is 4.29. The maximum Gasteiger partial charge on any atom is 0.416 e. The van der Waals surface area contributed by atoms with E-state index in [9.17, 15) is 13.2 Å². The Morgan fingerprint density at radius 3 is 2.13 bits per heavy atom. The topological polar surface area (TPSA) is 26.0 Å². The highest BCUT2D eigenvalue weighted by molar-refractivity contribution is 5.85. The zero-order chi connectivity index (χ0) is 10.9. The maximum atomic E-state index is 12.3. The molecule has 1 aromatic carbocycles. The standard InChI is InChI=1S/C10H12F3N.ClH/c1-6(2)8-5-7(10(11,12)13)3-4-9(8)14;/h3-6H,14H2,1-2H3;1H. The Balaban J connectivity index is 0.00000196. The number of benzene rings is 1. The Kier molecular flexibility index (Phi) is 4.46. The molecule has 0 amide bonds. The molecule has 0 aliphatic heterocycles. The van der Waals surface area contributed by atoms with Crippen LogP contribution in [0.25, 0.3) is 0 Å². The molecule has 0 aromatic heterocycles. The van der Waals surface area contributed by atoms with Gasteiger partial charge < -0.3 is 5.73 Å². The van der Waals surface area contributed by atoms with Crippen molar-refractivity contribution in [2.75, 3.05) is 5.73 Å². The molecule has 0 unspecified atom stereocenters. The first-order valence-corrected chi connectivity index (χ1v) is 4.29. The highest BCUT2D eigenvalue weighted by Crippen LogP contribution is 2.33. The van der Waals surface area contributed by atoms with Crippen LogP contribution in [0, 0.1) is 0 Å². The minimum atomic E-state index is -4.29. The molecule has 1 rings (SSSR count). The Morgan fingerprint density at radius 2 is 1.73 bits per heavy atom. The summed E-state index contributed by atoms with van der Waals surface area (Å²) in [4.78, 5) is 0. The molecular weight excluding hydrogens is 227 g/mol. The molecule has 0 radical (unpaired) electrons. The number of hydrogen-bond acceptors (Lipinski definition) is 1. The SMILES string of the molecule is CC(C)c1cc(C(F)(F)F)ccc1N.Cl. The van der Waals surface area contributed by atoms with Crippen LogP contribution < -0.4 is 5.73 Å². The van der Waals surface area contributed by atoms with Gasteiger partial charge >= 0.3 is 6.18 Å².